The number of rotatable bonds is 4. The molecule has 1 unspecified atom stereocenters. The fourth-order valence-electron chi connectivity index (χ4n) is 3.74. The maximum atomic E-state index is 13.3. The summed E-state index contributed by atoms with van der Waals surface area (Å²) in [5.74, 6) is -0.0487. The van der Waals surface area contributed by atoms with Gasteiger partial charge < -0.3 is 4.90 Å². The van der Waals surface area contributed by atoms with Gasteiger partial charge in [-0.2, -0.15) is 0 Å². The zero-order chi connectivity index (χ0) is 19.7. The molecule has 2 aromatic carbocycles. The van der Waals surface area contributed by atoms with E-state index < -0.39 is 9.84 Å². The van der Waals surface area contributed by atoms with Crippen LogP contribution >= 0.6 is 11.3 Å². The van der Waals surface area contributed by atoms with Crippen LogP contribution in [0.1, 0.15) is 38.0 Å². The van der Waals surface area contributed by atoms with Crippen LogP contribution in [0.4, 0.5) is 0 Å². The molecule has 6 heteroatoms. The standard InChI is InChI=1S/C22H21NO3S2/c1-28(25,26)15-16-7-9-18(10-8-16)22(24)23-13-11-20-19(12-14-27-20)21(23)17-5-3-2-4-6-17/h2-10,12,14,21H,11,13,15H2,1H3. The first-order valence-electron chi connectivity index (χ1n) is 9.11. The quantitative estimate of drug-likeness (QED) is 0.650. The van der Waals surface area contributed by atoms with Gasteiger partial charge in [-0.15, -0.1) is 11.3 Å². The number of hydrogen-bond donors (Lipinski definition) is 0. The molecule has 4 rings (SSSR count). The molecule has 0 radical (unpaired) electrons. The molecule has 28 heavy (non-hydrogen) atoms. The van der Waals surface area contributed by atoms with Crippen LogP contribution in [0.25, 0.3) is 0 Å². The maximum Gasteiger partial charge on any atom is 0.254 e. The van der Waals surface area contributed by atoms with Crippen molar-refractivity contribution in [1.82, 2.24) is 4.90 Å². The van der Waals surface area contributed by atoms with Crippen molar-refractivity contribution in [3.05, 3.63) is 93.2 Å². The van der Waals surface area contributed by atoms with Gasteiger partial charge in [0.05, 0.1) is 11.8 Å². The number of carbonyl (C=O) groups excluding carboxylic acids is 1. The SMILES string of the molecule is CS(=O)(=O)Cc1ccc(C(=O)N2CCc3sccc3C2c2ccccc2)cc1. The maximum absolute atomic E-state index is 13.3. The highest BCUT2D eigenvalue weighted by Gasteiger charge is 2.33. The molecule has 1 amide bonds. The van der Waals surface area contributed by atoms with Crippen molar-refractivity contribution < 1.29 is 13.2 Å². The normalized spacial score (nSPS) is 16.6. The Kier molecular flexibility index (Phi) is 5.08. The van der Waals surface area contributed by atoms with E-state index in [4.69, 9.17) is 0 Å². The molecule has 0 aliphatic carbocycles. The molecule has 3 aromatic rings. The summed E-state index contributed by atoms with van der Waals surface area (Å²) in [5, 5.41) is 2.09. The molecule has 1 atom stereocenters. The summed E-state index contributed by atoms with van der Waals surface area (Å²) in [4.78, 5) is 16.6. The van der Waals surface area contributed by atoms with Crippen molar-refractivity contribution in [1.29, 1.82) is 0 Å². The van der Waals surface area contributed by atoms with Gasteiger partial charge >= 0.3 is 0 Å². The van der Waals surface area contributed by atoms with E-state index in [2.05, 4.69) is 23.6 Å². The number of fused-ring (bicyclic) bond motifs is 1. The van der Waals surface area contributed by atoms with Crippen molar-refractivity contribution in [3.8, 4) is 0 Å². The highest BCUT2D eigenvalue weighted by atomic mass is 32.2. The van der Waals surface area contributed by atoms with E-state index in [0.717, 1.165) is 12.0 Å². The summed E-state index contributed by atoms with van der Waals surface area (Å²) in [7, 11) is -3.10. The Bertz CT molecular complexity index is 1090. The predicted molar refractivity (Wildman–Crippen MR) is 112 cm³/mol. The summed E-state index contributed by atoms with van der Waals surface area (Å²) in [6.45, 7) is 0.664. The molecule has 0 saturated heterocycles. The minimum atomic E-state index is -3.10. The molecule has 0 N–H and O–H groups in total. The van der Waals surface area contributed by atoms with Crippen molar-refractivity contribution >= 4 is 27.1 Å². The lowest BCUT2D eigenvalue weighted by atomic mass is 9.92. The van der Waals surface area contributed by atoms with Gasteiger partial charge in [-0.3, -0.25) is 4.79 Å². The van der Waals surface area contributed by atoms with Crippen LogP contribution in [0.15, 0.2) is 66.0 Å². The van der Waals surface area contributed by atoms with Crippen molar-refractivity contribution in [2.45, 2.75) is 18.2 Å². The molecular weight excluding hydrogens is 390 g/mol. The van der Waals surface area contributed by atoms with E-state index >= 15 is 0 Å². The Hall–Kier alpha value is -2.44. The Morgan fingerprint density at radius 1 is 1.07 bits per heavy atom. The molecular formula is C22H21NO3S2. The molecule has 0 saturated carbocycles. The van der Waals surface area contributed by atoms with E-state index in [1.54, 1.807) is 35.6 Å². The number of thiophene rings is 1. The van der Waals surface area contributed by atoms with E-state index in [1.165, 1.54) is 16.7 Å². The fraction of sp³-hybridized carbons (Fsp3) is 0.227. The van der Waals surface area contributed by atoms with E-state index in [1.807, 2.05) is 23.1 Å². The fourth-order valence-corrected chi connectivity index (χ4v) is 5.44. The lowest BCUT2D eigenvalue weighted by molar-refractivity contribution is 0.0696. The largest absolute Gasteiger partial charge is 0.327 e. The number of sulfone groups is 1. The third-order valence-corrected chi connectivity index (χ3v) is 6.83. The zero-order valence-electron chi connectivity index (χ0n) is 15.5. The molecule has 1 aliphatic rings. The summed E-state index contributed by atoms with van der Waals surface area (Å²) < 4.78 is 23.0. The van der Waals surface area contributed by atoms with Gasteiger partial charge in [-0.05, 0) is 46.7 Å². The van der Waals surface area contributed by atoms with Crippen LogP contribution in [0.5, 0.6) is 0 Å². The first-order chi connectivity index (χ1) is 13.4. The number of nitrogens with zero attached hydrogens (tertiary/aromatic N) is 1. The Labute approximate surface area is 169 Å². The molecule has 144 valence electrons. The van der Waals surface area contributed by atoms with Crippen LogP contribution in [-0.2, 0) is 22.0 Å². The topological polar surface area (TPSA) is 54.5 Å². The molecule has 1 aliphatic heterocycles. The van der Waals surface area contributed by atoms with Crippen LogP contribution in [-0.4, -0.2) is 32.0 Å². The van der Waals surface area contributed by atoms with Gasteiger partial charge in [0.25, 0.3) is 5.91 Å². The highest BCUT2D eigenvalue weighted by molar-refractivity contribution is 7.89. The number of amides is 1. The van der Waals surface area contributed by atoms with Gasteiger partial charge in [-0.25, -0.2) is 8.42 Å². The van der Waals surface area contributed by atoms with Crippen molar-refractivity contribution in [2.75, 3.05) is 12.8 Å². The smallest absolute Gasteiger partial charge is 0.254 e. The number of hydrogen-bond acceptors (Lipinski definition) is 4. The lowest BCUT2D eigenvalue weighted by Gasteiger charge is -2.36. The summed E-state index contributed by atoms with van der Waals surface area (Å²) in [5.41, 5.74) is 3.57. The van der Waals surface area contributed by atoms with Gasteiger partial charge in [0.2, 0.25) is 0 Å². The monoisotopic (exact) mass is 411 g/mol. The van der Waals surface area contributed by atoms with Crippen LogP contribution in [0.2, 0.25) is 0 Å². The second-order valence-electron chi connectivity index (χ2n) is 7.13. The van der Waals surface area contributed by atoms with E-state index in [0.29, 0.717) is 17.7 Å². The van der Waals surface area contributed by atoms with Gasteiger partial charge in [-0.1, -0.05) is 42.5 Å². The first-order valence-corrected chi connectivity index (χ1v) is 12.1. The summed E-state index contributed by atoms with van der Waals surface area (Å²) in [6, 6.07) is 19.0. The molecule has 1 aromatic heterocycles. The first kappa shape index (κ1) is 18.9. The number of benzene rings is 2. The Balaban J connectivity index is 1.66. The average molecular weight is 412 g/mol. The Morgan fingerprint density at radius 3 is 2.46 bits per heavy atom. The molecule has 4 nitrogen and oxygen atoms in total. The third-order valence-electron chi connectivity index (χ3n) is 4.97. The van der Waals surface area contributed by atoms with Gasteiger partial charge in [0.1, 0.15) is 0 Å². The highest BCUT2D eigenvalue weighted by Crippen LogP contribution is 2.38. The van der Waals surface area contributed by atoms with Crippen molar-refractivity contribution in [3.63, 3.8) is 0 Å². The minimum absolute atomic E-state index is 0.0178. The number of carbonyl (C=O) groups is 1. The summed E-state index contributed by atoms with van der Waals surface area (Å²) in [6.07, 6.45) is 2.07. The van der Waals surface area contributed by atoms with Crippen LogP contribution in [0, 0.1) is 0 Å². The van der Waals surface area contributed by atoms with E-state index in [-0.39, 0.29) is 17.7 Å². The molecule has 0 bridgehead atoms. The van der Waals surface area contributed by atoms with Gasteiger partial charge in [0, 0.05) is 23.2 Å². The minimum Gasteiger partial charge on any atom is -0.327 e. The molecule has 0 fully saturated rings. The van der Waals surface area contributed by atoms with Crippen LogP contribution in [0.3, 0.4) is 0 Å². The van der Waals surface area contributed by atoms with E-state index in [9.17, 15) is 13.2 Å². The van der Waals surface area contributed by atoms with Crippen LogP contribution < -0.4 is 0 Å². The van der Waals surface area contributed by atoms with Crippen molar-refractivity contribution in [2.24, 2.45) is 0 Å². The third kappa shape index (κ3) is 3.88. The van der Waals surface area contributed by atoms with Gasteiger partial charge in [0.15, 0.2) is 9.84 Å². The molecule has 0 spiro atoms. The lowest BCUT2D eigenvalue weighted by Crippen LogP contribution is -2.40. The average Bonchev–Trinajstić information content (AvgIpc) is 3.15. The summed E-state index contributed by atoms with van der Waals surface area (Å²) >= 11 is 1.75. The zero-order valence-corrected chi connectivity index (χ0v) is 17.2. The predicted octanol–water partition coefficient (Wildman–Crippen LogP) is 4.08. The Morgan fingerprint density at radius 2 is 1.79 bits per heavy atom. The second kappa shape index (κ2) is 7.53. The second-order valence-corrected chi connectivity index (χ2v) is 10.3. The molecule has 2 heterocycles.